The van der Waals surface area contributed by atoms with E-state index in [9.17, 15) is 21.0 Å². The number of hydrogen-bond donors (Lipinski definition) is 0. The van der Waals surface area contributed by atoms with Crippen LogP contribution in [0.5, 0.6) is 0 Å². The van der Waals surface area contributed by atoms with Crippen LogP contribution in [-0.2, 0) is 0 Å². The van der Waals surface area contributed by atoms with E-state index >= 15 is 0 Å². The fraction of sp³-hybridized carbons (Fsp3) is 0. The van der Waals surface area contributed by atoms with E-state index in [0.29, 0.717) is 33.1 Å². The average molecular weight is 534 g/mol. The van der Waals surface area contributed by atoms with E-state index in [1.54, 1.807) is 0 Å². The molecule has 42 heavy (non-hydrogen) atoms. The summed E-state index contributed by atoms with van der Waals surface area (Å²) in [5.41, 5.74) is 4.55. The third kappa shape index (κ3) is 3.22. The van der Waals surface area contributed by atoms with Crippen molar-refractivity contribution in [2.75, 3.05) is 0 Å². The highest BCUT2D eigenvalue weighted by Crippen LogP contribution is 2.36. The standard InChI is InChI=1S/C30H6N12/c1-35-17-7-23-24(8-18(17)36-2)42-30-28-26(38-20-4-14(10-32)16(12-34)6-22(20)40-28)25-27(29(30)41-23)39-21-5-15(11-33)13(9-31)3-19(21)37-25/h3-8H. The first kappa shape index (κ1) is 23.7. The van der Waals surface area contributed by atoms with Crippen molar-refractivity contribution in [2.24, 2.45) is 0 Å². The molecule has 0 N–H and O–H groups in total. The van der Waals surface area contributed by atoms with Gasteiger partial charge in [0.25, 0.3) is 0 Å². The van der Waals surface area contributed by atoms with E-state index in [1.165, 1.54) is 36.4 Å². The van der Waals surface area contributed by atoms with Gasteiger partial charge < -0.3 is 0 Å². The van der Waals surface area contributed by atoms with Crippen molar-refractivity contribution in [3.8, 4) is 24.3 Å². The van der Waals surface area contributed by atoms with Crippen LogP contribution in [0.4, 0.5) is 11.4 Å². The molecule has 0 fully saturated rings. The molecule has 0 bridgehead atoms. The Kier molecular flexibility index (Phi) is 4.84. The summed E-state index contributed by atoms with van der Waals surface area (Å²) in [6.07, 6.45) is 0. The molecule has 3 heterocycles. The minimum absolute atomic E-state index is 0.124. The number of benzene rings is 4. The van der Waals surface area contributed by atoms with Gasteiger partial charge >= 0.3 is 0 Å². The monoisotopic (exact) mass is 534 g/mol. The third-order valence-corrected chi connectivity index (χ3v) is 6.76. The molecule has 7 rings (SSSR count). The summed E-state index contributed by atoms with van der Waals surface area (Å²) in [4.78, 5) is 35.5. The molecule has 186 valence electrons. The molecule has 0 aliphatic carbocycles. The molecule has 0 spiro atoms. The predicted molar refractivity (Wildman–Crippen MR) is 150 cm³/mol. The van der Waals surface area contributed by atoms with Crippen LogP contribution < -0.4 is 0 Å². The second-order valence-electron chi connectivity index (χ2n) is 9.04. The highest BCUT2D eigenvalue weighted by atomic mass is 14.9. The molecule has 4 aromatic carbocycles. The molecule has 12 nitrogen and oxygen atoms in total. The number of nitrogens with zero attached hydrogens (tertiary/aromatic N) is 12. The number of fused-ring (bicyclic) bond motifs is 9. The average Bonchev–Trinajstić information content (AvgIpc) is 3.03. The maximum atomic E-state index is 9.55. The van der Waals surface area contributed by atoms with Gasteiger partial charge in [-0.25, -0.2) is 29.9 Å². The summed E-state index contributed by atoms with van der Waals surface area (Å²) in [6.45, 7) is 14.9. The molecule has 0 atom stereocenters. The maximum absolute atomic E-state index is 9.55. The van der Waals surface area contributed by atoms with Gasteiger partial charge in [0.2, 0.25) is 0 Å². The molecule has 7 aromatic rings. The zero-order valence-electron chi connectivity index (χ0n) is 20.8. The summed E-state index contributed by atoms with van der Waals surface area (Å²) in [6, 6.07) is 16.8. The Labute approximate surface area is 234 Å². The van der Waals surface area contributed by atoms with Crippen LogP contribution in [0.1, 0.15) is 22.3 Å². The molecule has 0 aliphatic rings. The van der Waals surface area contributed by atoms with Gasteiger partial charge in [0.05, 0.1) is 68.5 Å². The van der Waals surface area contributed by atoms with Crippen LogP contribution in [-0.4, -0.2) is 29.9 Å². The van der Waals surface area contributed by atoms with E-state index in [0.717, 1.165) is 0 Å². The van der Waals surface area contributed by atoms with Crippen molar-refractivity contribution in [2.45, 2.75) is 0 Å². The minimum Gasteiger partial charge on any atom is -0.250 e. The lowest BCUT2D eigenvalue weighted by molar-refractivity contribution is 1.33. The summed E-state index contributed by atoms with van der Waals surface area (Å²) < 4.78 is 0. The number of nitriles is 4. The first-order valence-corrected chi connectivity index (χ1v) is 11.9. The normalized spacial score (nSPS) is 10.7. The molecule has 12 heteroatoms. The van der Waals surface area contributed by atoms with Crippen LogP contribution in [0.2, 0.25) is 0 Å². The van der Waals surface area contributed by atoms with Crippen molar-refractivity contribution in [3.05, 3.63) is 81.5 Å². The number of rotatable bonds is 0. The second kappa shape index (κ2) is 8.57. The fourth-order valence-electron chi connectivity index (χ4n) is 4.83. The Morgan fingerprint density at radius 2 is 0.619 bits per heavy atom. The third-order valence-electron chi connectivity index (χ3n) is 6.76. The molecule has 0 saturated heterocycles. The van der Waals surface area contributed by atoms with Crippen LogP contribution in [0.25, 0.3) is 75.9 Å². The lowest BCUT2D eigenvalue weighted by atomic mass is 10.1. The van der Waals surface area contributed by atoms with E-state index in [1.807, 2.05) is 24.3 Å². The van der Waals surface area contributed by atoms with Crippen LogP contribution >= 0.6 is 0 Å². The first-order chi connectivity index (χ1) is 20.5. The first-order valence-electron chi connectivity index (χ1n) is 11.9. The van der Waals surface area contributed by atoms with Crippen molar-refractivity contribution >= 4 is 77.6 Å². The molecule has 0 aliphatic heterocycles. The Balaban J connectivity index is 1.74. The summed E-state index contributed by atoms with van der Waals surface area (Å²) in [7, 11) is 0. The smallest absolute Gasteiger partial charge is 0.196 e. The van der Waals surface area contributed by atoms with Crippen molar-refractivity contribution in [1.29, 1.82) is 21.0 Å². The summed E-state index contributed by atoms with van der Waals surface area (Å²) in [5.74, 6) is 0. The van der Waals surface area contributed by atoms with Gasteiger partial charge in [-0.2, -0.15) is 21.0 Å². The van der Waals surface area contributed by atoms with Gasteiger partial charge in [-0.3, -0.25) is 9.69 Å². The van der Waals surface area contributed by atoms with Gasteiger partial charge in [-0.15, -0.1) is 0 Å². The topological polar surface area (TPSA) is 181 Å². The number of hydrogen-bond acceptors (Lipinski definition) is 10. The van der Waals surface area contributed by atoms with Crippen LogP contribution in [0.15, 0.2) is 36.4 Å². The van der Waals surface area contributed by atoms with Gasteiger partial charge in [0.15, 0.2) is 11.4 Å². The zero-order valence-corrected chi connectivity index (χ0v) is 20.8. The summed E-state index contributed by atoms with van der Waals surface area (Å²) >= 11 is 0. The van der Waals surface area contributed by atoms with Gasteiger partial charge in [0.1, 0.15) is 57.4 Å². The van der Waals surface area contributed by atoms with Crippen LogP contribution in [0.3, 0.4) is 0 Å². The van der Waals surface area contributed by atoms with E-state index in [-0.39, 0.29) is 66.7 Å². The SMILES string of the molecule is [C-]#[N+]c1cc2nc3c4nc5cc(C#N)c(C#N)cc5nc4c4nc5cc(C#N)c(C#N)cc5nc4c3nc2cc1[N+]#[C-]. The Bertz CT molecular complexity index is 2190. The Morgan fingerprint density at radius 3 is 0.810 bits per heavy atom. The second-order valence-corrected chi connectivity index (χ2v) is 9.04. The molecule has 0 unspecified atom stereocenters. The Hall–Kier alpha value is -7.38. The minimum atomic E-state index is 0.124. The molecule has 0 amide bonds. The highest BCUT2D eigenvalue weighted by molar-refractivity contribution is 6.21. The lowest BCUT2D eigenvalue weighted by Crippen LogP contribution is -2.00. The molecular weight excluding hydrogens is 528 g/mol. The molecule has 3 aromatic heterocycles. The quantitative estimate of drug-likeness (QED) is 0.136. The maximum Gasteiger partial charge on any atom is 0.196 e. The van der Waals surface area contributed by atoms with Crippen LogP contribution in [0, 0.1) is 58.5 Å². The van der Waals surface area contributed by atoms with E-state index in [2.05, 4.69) is 9.69 Å². The number of aromatic nitrogens is 6. The van der Waals surface area contributed by atoms with E-state index in [4.69, 9.17) is 43.0 Å². The van der Waals surface area contributed by atoms with E-state index < -0.39 is 0 Å². The highest BCUT2D eigenvalue weighted by Gasteiger charge is 2.21. The van der Waals surface area contributed by atoms with Gasteiger partial charge in [-0.1, -0.05) is 0 Å². The Morgan fingerprint density at radius 1 is 0.405 bits per heavy atom. The van der Waals surface area contributed by atoms with Gasteiger partial charge in [0, 0.05) is 0 Å². The van der Waals surface area contributed by atoms with Crippen molar-refractivity contribution in [3.63, 3.8) is 0 Å². The molecule has 0 saturated carbocycles. The largest absolute Gasteiger partial charge is 0.250 e. The fourth-order valence-corrected chi connectivity index (χ4v) is 4.83. The zero-order chi connectivity index (χ0) is 29.1. The molecular formula is C30H6N12. The van der Waals surface area contributed by atoms with Gasteiger partial charge in [-0.05, 0) is 36.4 Å². The summed E-state index contributed by atoms with van der Waals surface area (Å²) in [5, 5.41) is 38.2. The molecule has 0 radical (unpaired) electrons. The predicted octanol–water partition coefficient (Wildman–Crippen LogP) is 5.56. The van der Waals surface area contributed by atoms with Crippen molar-refractivity contribution < 1.29 is 0 Å². The lowest BCUT2D eigenvalue weighted by Gasteiger charge is -2.11. The van der Waals surface area contributed by atoms with Crippen molar-refractivity contribution in [1.82, 2.24) is 29.9 Å².